The van der Waals surface area contributed by atoms with Gasteiger partial charge in [0.05, 0.1) is 10.6 Å². The van der Waals surface area contributed by atoms with E-state index < -0.39 is 4.92 Å². The van der Waals surface area contributed by atoms with Gasteiger partial charge >= 0.3 is 0 Å². The van der Waals surface area contributed by atoms with Gasteiger partial charge in [-0.25, -0.2) is 0 Å². The topological polar surface area (TPSA) is 128 Å². The van der Waals surface area contributed by atoms with Crippen LogP contribution in [0, 0.1) is 10.1 Å². The zero-order chi connectivity index (χ0) is 15.1. The Morgan fingerprint density at radius 3 is 2.80 bits per heavy atom. The third-order valence-electron chi connectivity index (χ3n) is 2.43. The van der Waals surface area contributed by atoms with Crippen LogP contribution in [0.3, 0.4) is 0 Å². The maximum atomic E-state index is 11.6. The molecule has 20 heavy (non-hydrogen) atoms. The fourth-order valence-corrected chi connectivity index (χ4v) is 1.53. The van der Waals surface area contributed by atoms with Gasteiger partial charge in [-0.15, -0.1) is 0 Å². The van der Waals surface area contributed by atoms with Crippen molar-refractivity contribution in [3.8, 4) is 0 Å². The number of rotatable bonds is 6. The van der Waals surface area contributed by atoms with Crippen molar-refractivity contribution in [1.29, 1.82) is 0 Å². The SMILES string of the molecule is CCCC(=O)Nc1ccc([N+](=O)[O-])cc1C(N)=NC=O. The first-order valence-electron chi connectivity index (χ1n) is 5.85. The molecule has 0 aliphatic carbocycles. The van der Waals surface area contributed by atoms with Gasteiger partial charge < -0.3 is 11.1 Å². The minimum absolute atomic E-state index is 0.135. The number of hydrogen-bond donors (Lipinski definition) is 2. The summed E-state index contributed by atoms with van der Waals surface area (Å²) < 4.78 is 0. The third kappa shape index (κ3) is 3.87. The Bertz CT molecular complexity index is 569. The molecule has 0 atom stereocenters. The molecule has 1 aromatic rings. The van der Waals surface area contributed by atoms with E-state index in [2.05, 4.69) is 10.3 Å². The van der Waals surface area contributed by atoms with Gasteiger partial charge in [0.15, 0.2) is 0 Å². The number of nitrogens with one attached hydrogen (secondary N) is 1. The predicted molar refractivity (Wildman–Crippen MR) is 73.4 cm³/mol. The summed E-state index contributed by atoms with van der Waals surface area (Å²) in [5.74, 6) is -0.447. The smallest absolute Gasteiger partial charge is 0.270 e. The minimum atomic E-state index is -0.602. The molecule has 8 nitrogen and oxygen atoms in total. The molecule has 2 amide bonds. The lowest BCUT2D eigenvalue weighted by molar-refractivity contribution is -0.384. The Hall–Kier alpha value is -2.77. The average molecular weight is 278 g/mol. The Kier molecular flexibility index (Phi) is 5.33. The van der Waals surface area contributed by atoms with Crippen LogP contribution in [0.15, 0.2) is 23.2 Å². The van der Waals surface area contributed by atoms with Crippen molar-refractivity contribution in [3.05, 3.63) is 33.9 Å². The highest BCUT2D eigenvalue weighted by Crippen LogP contribution is 2.22. The molecular weight excluding hydrogens is 264 g/mol. The number of amidine groups is 1. The molecule has 106 valence electrons. The van der Waals surface area contributed by atoms with Gasteiger partial charge in [-0.3, -0.25) is 19.7 Å². The molecule has 0 saturated heterocycles. The normalized spacial score (nSPS) is 10.9. The molecule has 8 heteroatoms. The fraction of sp³-hybridized carbons (Fsp3) is 0.250. The molecule has 1 rings (SSSR count). The number of carbonyl (C=O) groups excluding carboxylic acids is 2. The first-order chi connectivity index (χ1) is 9.49. The number of nitrogens with two attached hydrogens (primary N) is 1. The Morgan fingerprint density at radius 2 is 2.25 bits per heavy atom. The molecule has 0 spiro atoms. The lowest BCUT2D eigenvalue weighted by atomic mass is 10.1. The first-order valence-corrected chi connectivity index (χ1v) is 5.85. The molecule has 1 aromatic carbocycles. The molecule has 0 radical (unpaired) electrons. The van der Waals surface area contributed by atoms with E-state index in [4.69, 9.17) is 5.73 Å². The maximum absolute atomic E-state index is 11.6. The number of amides is 2. The molecular formula is C12H14N4O4. The summed E-state index contributed by atoms with van der Waals surface area (Å²) in [5.41, 5.74) is 5.77. The van der Waals surface area contributed by atoms with E-state index in [-0.39, 0.29) is 35.1 Å². The van der Waals surface area contributed by atoms with Crippen molar-refractivity contribution in [3.63, 3.8) is 0 Å². The summed E-state index contributed by atoms with van der Waals surface area (Å²) in [6.07, 6.45) is 1.19. The van der Waals surface area contributed by atoms with Crippen LogP contribution in [0.5, 0.6) is 0 Å². The lowest BCUT2D eigenvalue weighted by Gasteiger charge is -2.10. The standard InChI is InChI=1S/C12H14N4O4/c1-2-3-11(18)15-10-5-4-8(16(19)20)6-9(10)12(13)14-7-17/h4-7H,2-3H2,1H3,(H,15,18)(H2,13,14,17). The van der Waals surface area contributed by atoms with E-state index in [1.165, 1.54) is 12.1 Å². The summed E-state index contributed by atoms with van der Waals surface area (Å²) in [7, 11) is 0. The van der Waals surface area contributed by atoms with E-state index in [1.54, 1.807) is 0 Å². The molecule has 0 unspecified atom stereocenters. The average Bonchev–Trinajstić information content (AvgIpc) is 2.39. The first kappa shape index (κ1) is 15.3. The Labute approximate surface area is 114 Å². The van der Waals surface area contributed by atoms with Gasteiger partial charge in [0, 0.05) is 24.1 Å². The zero-order valence-corrected chi connectivity index (χ0v) is 10.8. The maximum Gasteiger partial charge on any atom is 0.270 e. The summed E-state index contributed by atoms with van der Waals surface area (Å²) in [6, 6.07) is 3.75. The van der Waals surface area contributed by atoms with Gasteiger partial charge in [0.2, 0.25) is 12.3 Å². The fourth-order valence-electron chi connectivity index (χ4n) is 1.53. The van der Waals surface area contributed by atoms with E-state index in [0.29, 0.717) is 12.8 Å². The summed E-state index contributed by atoms with van der Waals surface area (Å²) in [4.78, 5) is 35.4. The van der Waals surface area contributed by atoms with Gasteiger partial charge in [-0.1, -0.05) is 6.92 Å². The number of non-ortho nitro benzene ring substituents is 1. The van der Waals surface area contributed by atoms with Crippen molar-refractivity contribution in [2.45, 2.75) is 19.8 Å². The Morgan fingerprint density at radius 1 is 1.55 bits per heavy atom. The quantitative estimate of drug-likeness (QED) is 0.265. The van der Waals surface area contributed by atoms with Crippen LogP contribution in [0.25, 0.3) is 0 Å². The van der Waals surface area contributed by atoms with E-state index in [1.807, 2.05) is 6.92 Å². The molecule has 0 bridgehead atoms. The largest absolute Gasteiger partial charge is 0.383 e. The van der Waals surface area contributed by atoms with Crippen molar-refractivity contribution >= 4 is 29.5 Å². The molecule has 0 saturated carbocycles. The number of carbonyl (C=O) groups is 2. The molecule has 0 heterocycles. The van der Waals surface area contributed by atoms with Crippen LogP contribution in [0.2, 0.25) is 0 Å². The van der Waals surface area contributed by atoms with Crippen LogP contribution in [0.1, 0.15) is 25.3 Å². The number of hydrogen-bond acceptors (Lipinski definition) is 4. The molecule has 3 N–H and O–H groups in total. The van der Waals surface area contributed by atoms with Crippen molar-refractivity contribution in [1.82, 2.24) is 0 Å². The number of aliphatic imine (C=N–C) groups is 1. The van der Waals surface area contributed by atoms with Gasteiger partial charge in [0.1, 0.15) is 5.84 Å². The Balaban J connectivity index is 3.22. The van der Waals surface area contributed by atoms with Crippen LogP contribution in [-0.2, 0) is 9.59 Å². The number of nitro benzene ring substituents is 1. The van der Waals surface area contributed by atoms with Gasteiger partial charge in [-0.05, 0) is 12.5 Å². The number of nitro groups is 1. The zero-order valence-electron chi connectivity index (χ0n) is 10.8. The van der Waals surface area contributed by atoms with Crippen molar-refractivity contribution in [2.75, 3.05) is 5.32 Å². The van der Waals surface area contributed by atoms with Crippen LogP contribution in [-0.4, -0.2) is 23.1 Å². The van der Waals surface area contributed by atoms with Gasteiger partial charge in [-0.2, -0.15) is 4.99 Å². The monoisotopic (exact) mass is 278 g/mol. The third-order valence-corrected chi connectivity index (χ3v) is 2.43. The molecule has 0 aliphatic heterocycles. The van der Waals surface area contributed by atoms with Crippen LogP contribution in [0.4, 0.5) is 11.4 Å². The van der Waals surface area contributed by atoms with Crippen molar-refractivity contribution in [2.24, 2.45) is 10.7 Å². The van der Waals surface area contributed by atoms with Crippen LogP contribution >= 0.6 is 0 Å². The molecule has 0 aliphatic rings. The highest BCUT2D eigenvalue weighted by molar-refractivity contribution is 6.08. The van der Waals surface area contributed by atoms with Crippen LogP contribution < -0.4 is 11.1 Å². The second kappa shape index (κ2) is 6.98. The predicted octanol–water partition coefficient (Wildman–Crippen LogP) is 1.20. The summed E-state index contributed by atoms with van der Waals surface area (Å²) >= 11 is 0. The molecule has 0 aromatic heterocycles. The van der Waals surface area contributed by atoms with E-state index >= 15 is 0 Å². The lowest BCUT2D eigenvalue weighted by Crippen LogP contribution is -2.19. The van der Waals surface area contributed by atoms with E-state index in [9.17, 15) is 19.7 Å². The van der Waals surface area contributed by atoms with Crippen molar-refractivity contribution < 1.29 is 14.5 Å². The summed E-state index contributed by atoms with van der Waals surface area (Å²) in [6.45, 7) is 1.85. The van der Waals surface area contributed by atoms with E-state index in [0.717, 1.165) is 6.07 Å². The van der Waals surface area contributed by atoms with Gasteiger partial charge in [0.25, 0.3) is 5.69 Å². The summed E-state index contributed by atoms with van der Waals surface area (Å²) in [5, 5.41) is 13.3. The highest BCUT2D eigenvalue weighted by atomic mass is 16.6. The second-order valence-corrected chi connectivity index (χ2v) is 3.90. The highest BCUT2D eigenvalue weighted by Gasteiger charge is 2.15. The number of anilines is 1. The second-order valence-electron chi connectivity index (χ2n) is 3.90. The number of benzene rings is 1. The number of nitrogens with zero attached hydrogens (tertiary/aromatic N) is 2. The molecule has 0 fully saturated rings. The minimum Gasteiger partial charge on any atom is -0.383 e.